The minimum absolute atomic E-state index is 0.193. The zero-order valence-electron chi connectivity index (χ0n) is 9.31. The first-order chi connectivity index (χ1) is 7.75. The molecule has 0 heterocycles. The quantitative estimate of drug-likeness (QED) is 0.774. The van der Waals surface area contributed by atoms with Crippen molar-refractivity contribution in [1.82, 2.24) is 5.32 Å². The van der Waals surface area contributed by atoms with Crippen molar-refractivity contribution in [3.05, 3.63) is 34.6 Å². The second kappa shape index (κ2) is 5.65. The molecule has 1 nitrogen and oxygen atoms in total. The first kappa shape index (κ1) is 11.9. The Hall–Kier alpha value is -0.600. The average Bonchev–Trinajstić information content (AvgIpc) is 2.20. The largest absolute Gasteiger partial charge is 0.313 e. The third-order valence-electron chi connectivity index (χ3n) is 3.27. The smallest absolute Gasteiger partial charge is 0.142 e. The molecule has 1 N–H and O–H groups in total. The molecule has 1 aromatic carbocycles. The molecule has 0 spiro atoms. The predicted octanol–water partition coefficient (Wildman–Crippen LogP) is 3.76. The molecular weight excluding hydrogens is 225 g/mol. The van der Waals surface area contributed by atoms with Crippen LogP contribution in [0.5, 0.6) is 0 Å². The average molecular weight is 242 g/mol. The van der Waals surface area contributed by atoms with Gasteiger partial charge in [0.25, 0.3) is 0 Å². The zero-order valence-corrected chi connectivity index (χ0v) is 10.1. The molecule has 1 saturated carbocycles. The standard InChI is InChI=1S/C13H17ClFN/c14-12-5-4-11(8-13(12)15)9-16-7-6-10-2-1-3-10/h4-5,8,10,16H,1-3,6-7,9H2. The van der Waals surface area contributed by atoms with E-state index >= 15 is 0 Å². The maximum atomic E-state index is 13.1. The second-order valence-electron chi connectivity index (χ2n) is 4.51. The molecule has 0 bridgehead atoms. The van der Waals surface area contributed by atoms with Crippen LogP contribution in [0.1, 0.15) is 31.2 Å². The molecule has 0 saturated heterocycles. The van der Waals surface area contributed by atoms with Crippen LogP contribution in [0.2, 0.25) is 5.02 Å². The van der Waals surface area contributed by atoms with Gasteiger partial charge < -0.3 is 5.32 Å². The van der Waals surface area contributed by atoms with Crippen molar-refractivity contribution < 1.29 is 4.39 Å². The van der Waals surface area contributed by atoms with Crippen LogP contribution in [0.3, 0.4) is 0 Å². The van der Waals surface area contributed by atoms with Crippen LogP contribution in [0.15, 0.2) is 18.2 Å². The van der Waals surface area contributed by atoms with E-state index in [-0.39, 0.29) is 10.8 Å². The molecule has 2 rings (SSSR count). The Bertz CT molecular complexity index is 350. The zero-order chi connectivity index (χ0) is 11.4. The SMILES string of the molecule is Fc1cc(CNCCC2CCC2)ccc1Cl. The van der Waals surface area contributed by atoms with Gasteiger partial charge in [0.1, 0.15) is 5.82 Å². The van der Waals surface area contributed by atoms with Crippen LogP contribution >= 0.6 is 11.6 Å². The van der Waals surface area contributed by atoms with E-state index in [2.05, 4.69) is 5.32 Å². The molecule has 1 fully saturated rings. The van der Waals surface area contributed by atoms with Crippen LogP contribution in [-0.4, -0.2) is 6.54 Å². The number of rotatable bonds is 5. The highest BCUT2D eigenvalue weighted by Gasteiger charge is 2.16. The first-order valence-electron chi connectivity index (χ1n) is 5.90. The van der Waals surface area contributed by atoms with Crippen molar-refractivity contribution in [3.63, 3.8) is 0 Å². The fourth-order valence-corrected chi connectivity index (χ4v) is 2.09. The highest BCUT2D eigenvalue weighted by molar-refractivity contribution is 6.30. The van der Waals surface area contributed by atoms with Gasteiger partial charge >= 0.3 is 0 Å². The highest BCUT2D eigenvalue weighted by atomic mass is 35.5. The molecule has 0 amide bonds. The molecule has 1 aromatic rings. The van der Waals surface area contributed by atoms with Crippen molar-refractivity contribution in [2.45, 2.75) is 32.2 Å². The Morgan fingerprint density at radius 3 is 2.81 bits per heavy atom. The number of nitrogens with one attached hydrogen (secondary N) is 1. The van der Waals surface area contributed by atoms with Crippen LogP contribution in [-0.2, 0) is 6.54 Å². The van der Waals surface area contributed by atoms with E-state index in [4.69, 9.17) is 11.6 Å². The van der Waals surface area contributed by atoms with Gasteiger partial charge in [-0.1, -0.05) is 36.9 Å². The van der Waals surface area contributed by atoms with E-state index in [0.29, 0.717) is 0 Å². The maximum Gasteiger partial charge on any atom is 0.142 e. The third-order valence-corrected chi connectivity index (χ3v) is 3.57. The molecule has 3 heteroatoms. The summed E-state index contributed by atoms with van der Waals surface area (Å²) in [6.07, 6.45) is 5.41. The van der Waals surface area contributed by atoms with E-state index < -0.39 is 0 Å². The molecule has 1 aliphatic rings. The summed E-state index contributed by atoms with van der Waals surface area (Å²) in [4.78, 5) is 0. The van der Waals surface area contributed by atoms with E-state index in [9.17, 15) is 4.39 Å². The third kappa shape index (κ3) is 3.19. The Kier molecular flexibility index (Phi) is 4.19. The van der Waals surface area contributed by atoms with Crippen LogP contribution < -0.4 is 5.32 Å². The molecule has 0 aromatic heterocycles. The van der Waals surface area contributed by atoms with Crippen molar-refractivity contribution in [2.75, 3.05) is 6.54 Å². The number of hydrogen-bond acceptors (Lipinski definition) is 1. The molecule has 16 heavy (non-hydrogen) atoms. The number of hydrogen-bond donors (Lipinski definition) is 1. The first-order valence-corrected chi connectivity index (χ1v) is 6.28. The Morgan fingerprint density at radius 1 is 1.38 bits per heavy atom. The van der Waals surface area contributed by atoms with Crippen molar-refractivity contribution >= 4 is 11.6 Å². The molecular formula is C13H17ClFN. The predicted molar refractivity (Wildman–Crippen MR) is 65.1 cm³/mol. The molecule has 0 aliphatic heterocycles. The summed E-state index contributed by atoms with van der Waals surface area (Å²) in [5.41, 5.74) is 0.954. The lowest BCUT2D eigenvalue weighted by Crippen LogP contribution is -2.21. The summed E-state index contributed by atoms with van der Waals surface area (Å²) in [5.74, 6) is 0.592. The van der Waals surface area contributed by atoms with Gasteiger partial charge in [-0.25, -0.2) is 4.39 Å². The molecule has 88 valence electrons. The summed E-state index contributed by atoms with van der Waals surface area (Å²) in [6.45, 7) is 1.75. The Morgan fingerprint density at radius 2 is 2.19 bits per heavy atom. The fourth-order valence-electron chi connectivity index (χ4n) is 1.97. The second-order valence-corrected chi connectivity index (χ2v) is 4.92. The van der Waals surface area contributed by atoms with Gasteiger partial charge in [0.05, 0.1) is 5.02 Å². The van der Waals surface area contributed by atoms with Gasteiger partial charge in [0.15, 0.2) is 0 Å². The monoisotopic (exact) mass is 241 g/mol. The lowest BCUT2D eigenvalue weighted by molar-refractivity contribution is 0.292. The van der Waals surface area contributed by atoms with Crippen molar-refractivity contribution in [1.29, 1.82) is 0 Å². The van der Waals surface area contributed by atoms with Crippen molar-refractivity contribution in [2.24, 2.45) is 5.92 Å². The van der Waals surface area contributed by atoms with Crippen LogP contribution in [0.4, 0.5) is 4.39 Å². The lowest BCUT2D eigenvalue weighted by Gasteiger charge is -2.25. The Labute approximate surface area is 101 Å². The summed E-state index contributed by atoms with van der Waals surface area (Å²) in [7, 11) is 0. The van der Waals surface area contributed by atoms with E-state index in [1.54, 1.807) is 6.07 Å². The normalized spacial score (nSPS) is 16.1. The van der Waals surface area contributed by atoms with Gasteiger partial charge in [-0.15, -0.1) is 0 Å². The molecule has 0 unspecified atom stereocenters. The molecule has 1 aliphatic carbocycles. The highest BCUT2D eigenvalue weighted by Crippen LogP contribution is 2.28. The lowest BCUT2D eigenvalue weighted by atomic mass is 9.83. The summed E-state index contributed by atoms with van der Waals surface area (Å²) in [5, 5.41) is 3.53. The van der Waals surface area contributed by atoms with Crippen LogP contribution in [0.25, 0.3) is 0 Å². The van der Waals surface area contributed by atoms with Crippen LogP contribution in [0, 0.1) is 11.7 Å². The van der Waals surface area contributed by atoms with Crippen molar-refractivity contribution in [3.8, 4) is 0 Å². The topological polar surface area (TPSA) is 12.0 Å². The maximum absolute atomic E-state index is 13.1. The van der Waals surface area contributed by atoms with Gasteiger partial charge in [-0.05, 0) is 36.6 Å². The van der Waals surface area contributed by atoms with Gasteiger partial charge in [0.2, 0.25) is 0 Å². The minimum Gasteiger partial charge on any atom is -0.313 e. The van der Waals surface area contributed by atoms with Gasteiger partial charge in [-0.2, -0.15) is 0 Å². The van der Waals surface area contributed by atoms with E-state index in [1.807, 2.05) is 6.07 Å². The van der Waals surface area contributed by atoms with Gasteiger partial charge in [0, 0.05) is 6.54 Å². The van der Waals surface area contributed by atoms with Gasteiger partial charge in [-0.3, -0.25) is 0 Å². The molecule has 0 atom stereocenters. The molecule has 0 radical (unpaired) electrons. The summed E-state index contributed by atoms with van der Waals surface area (Å²) < 4.78 is 13.1. The Balaban J connectivity index is 1.69. The fraction of sp³-hybridized carbons (Fsp3) is 0.538. The minimum atomic E-state index is -0.333. The number of benzene rings is 1. The summed E-state index contributed by atoms with van der Waals surface area (Å²) in [6, 6.07) is 4.97. The number of halogens is 2. The van der Waals surface area contributed by atoms with E-state index in [0.717, 1.165) is 24.6 Å². The van der Waals surface area contributed by atoms with E-state index in [1.165, 1.54) is 31.7 Å². The summed E-state index contributed by atoms with van der Waals surface area (Å²) >= 11 is 5.61.